The van der Waals surface area contributed by atoms with Crippen molar-refractivity contribution in [2.24, 2.45) is 0 Å². The van der Waals surface area contributed by atoms with Gasteiger partial charge in [0.25, 0.3) is 0 Å². The third-order valence-corrected chi connectivity index (χ3v) is 3.73. The molecule has 0 aliphatic carbocycles. The summed E-state index contributed by atoms with van der Waals surface area (Å²) in [5.41, 5.74) is -0.358. The molecule has 2 fully saturated rings. The van der Waals surface area contributed by atoms with Crippen molar-refractivity contribution < 1.29 is 19.1 Å². The molecule has 1 N–H and O–H groups in total. The fraction of sp³-hybridized carbons (Fsp3) is 0.833. The molecule has 2 atom stereocenters. The molecule has 0 saturated carbocycles. The summed E-state index contributed by atoms with van der Waals surface area (Å²) in [6.07, 6.45) is 1.05. The Hall–Kier alpha value is -0.980. The predicted octanol–water partition coefficient (Wildman–Crippen LogP) is -0.471. The lowest BCUT2D eigenvalue weighted by atomic mass is 10.0. The van der Waals surface area contributed by atoms with Gasteiger partial charge in [-0.2, -0.15) is 0 Å². The van der Waals surface area contributed by atoms with Crippen molar-refractivity contribution in [3.63, 3.8) is 0 Å². The highest BCUT2D eigenvalue weighted by Crippen LogP contribution is 2.22. The lowest BCUT2D eigenvalue weighted by Crippen LogP contribution is -2.48. The number of nitrogens with zero attached hydrogens (tertiary/aromatic N) is 1. The van der Waals surface area contributed by atoms with Crippen molar-refractivity contribution in [2.45, 2.75) is 31.4 Å². The second-order valence-corrected chi connectivity index (χ2v) is 4.80. The number of likely N-dealkylation sites (tertiary alicyclic amines) is 1. The molecule has 102 valence electrons. The summed E-state index contributed by atoms with van der Waals surface area (Å²) in [4.78, 5) is 24.8. The minimum atomic E-state index is -0.412. The van der Waals surface area contributed by atoms with Gasteiger partial charge >= 0.3 is 0 Å². The van der Waals surface area contributed by atoms with Crippen LogP contribution in [0.2, 0.25) is 0 Å². The summed E-state index contributed by atoms with van der Waals surface area (Å²) in [6, 6.07) is -0.412. The Morgan fingerprint density at radius 3 is 2.83 bits per heavy atom. The van der Waals surface area contributed by atoms with Crippen LogP contribution in [0.25, 0.3) is 0 Å². The van der Waals surface area contributed by atoms with Crippen LogP contribution in [0.4, 0.5) is 0 Å². The quantitative estimate of drug-likeness (QED) is 0.673. The average Bonchev–Trinajstić information content (AvgIpc) is 2.93. The van der Waals surface area contributed by atoms with E-state index in [1.54, 1.807) is 14.0 Å². The van der Waals surface area contributed by atoms with Gasteiger partial charge in [-0.05, 0) is 6.92 Å². The predicted molar refractivity (Wildman–Crippen MR) is 64.0 cm³/mol. The van der Waals surface area contributed by atoms with Crippen LogP contribution in [0.1, 0.15) is 19.8 Å². The fourth-order valence-corrected chi connectivity index (χ4v) is 2.45. The third kappa shape index (κ3) is 2.41. The van der Waals surface area contributed by atoms with Crippen molar-refractivity contribution in [3.05, 3.63) is 0 Å². The maximum Gasteiger partial charge on any atom is 0.246 e. The lowest BCUT2D eigenvalue weighted by Gasteiger charge is -2.27. The highest BCUT2D eigenvalue weighted by Gasteiger charge is 2.40. The molecule has 2 saturated heterocycles. The number of methoxy groups -OCH3 is 1. The number of amides is 2. The van der Waals surface area contributed by atoms with Crippen LogP contribution in [0.3, 0.4) is 0 Å². The number of ether oxygens (including phenoxy) is 2. The minimum absolute atomic E-state index is 0.103. The average molecular weight is 256 g/mol. The largest absolute Gasteiger partial charge is 0.378 e. The molecule has 0 bridgehead atoms. The van der Waals surface area contributed by atoms with E-state index in [9.17, 15) is 9.59 Å². The van der Waals surface area contributed by atoms with Crippen LogP contribution in [0.15, 0.2) is 0 Å². The van der Waals surface area contributed by atoms with Crippen molar-refractivity contribution in [1.29, 1.82) is 0 Å². The van der Waals surface area contributed by atoms with Gasteiger partial charge < -0.3 is 14.8 Å². The number of imide groups is 1. The molecule has 2 unspecified atom stereocenters. The second kappa shape index (κ2) is 5.34. The normalized spacial score (nSPS) is 32.6. The Morgan fingerprint density at radius 2 is 2.33 bits per heavy atom. The molecule has 0 radical (unpaired) electrons. The smallest absolute Gasteiger partial charge is 0.246 e. The van der Waals surface area contributed by atoms with E-state index in [4.69, 9.17) is 9.47 Å². The fourth-order valence-electron chi connectivity index (χ4n) is 2.45. The van der Waals surface area contributed by atoms with Gasteiger partial charge in [0, 0.05) is 33.2 Å². The second-order valence-electron chi connectivity index (χ2n) is 4.80. The van der Waals surface area contributed by atoms with Crippen LogP contribution in [-0.2, 0) is 19.1 Å². The zero-order valence-corrected chi connectivity index (χ0v) is 10.9. The molecule has 0 aromatic carbocycles. The maximum absolute atomic E-state index is 11.9. The molecule has 0 spiro atoms. The minimum Gasteiger partial charge on any atom is -0.378 e. The number of rotatable bonds is 5. The van der Waals surface area contributed by atoms with Crippen molar-refractivity contribution >= 4 is 11.8 Å². The van der Waals surface area contributed by atoms with E-state index in [2.05, 4.69) is 5.32 Å². The number of carbonyl (C=O) groups is 2. The molecular weight excluding hydrogens is 236 g/mol. The number of hydrogen-bond donors (Lipinski definition) is 1. The Bertz CT molecular complexity index is 339. The van der Waals surface area contributed by atoms with Gasteiger partial charge in [0.15, 0.2) is 0 Å². The first-order valence-electron chi connectivity index (χ1n) is 6.32. The van der Waals surface area contributed by atoms with Crippen LogP contribution < -0.4 is 5.32 Å². The molecule has 18 heavy (non-hydrogen) atoms. The first-order valence-corrected chi connectivity index (χ1v) is 6.32. The van der Waals surface area contributed by atoms with Gasteiger partial charge in [0.05, 0.1) is 19.1 Å². The number of likely N-dealkylation sites (N-methyl/N-ethyl adjacent to an activating group) is 1. The molecule has 6 heteroatoms. The zero-order valence-electron chi connectivity index (χ0n) is 10.9. The SMILES string of the molecule is CCN1C(=O)CC(NCC2(OC)CCOC2)C1=O. The summed E-state index contributed by atoms with van der Waals surface area (Å²) in [6.45, 7) is 3.98. The van der Waals surface area contributed by atoms with E-state index in [1.165, 1.54) is 4.90 Å². The van der Waals surface area contributed by atoms with Gasteiger partial charge in [0.2, 0.25) is 11.8 Å². The first-order chi connectivity index (χ1) is 8.62. The standard InChI is InChI=1S/C12H20N2O4/c1-3-14-10(15)6-9(11(14)16)13-7-12(17-2)4-5-18-8-12/h9,13H,3-8H2,1-2H3. The Labute approximate surface area is 107 Å². The van der Waals surface area contributed by atoms with E-state index in [1.807, 2.05) is 0 Å². The van der Waals surface area contributed by atoms with Crippen molar-refractivity contribution in [3.8, 4) is 0 Å². The Kier molecular flexibility index (Phi) is 3.99. The molecule has 2 aliphatic heterocycles. The molecule has 2 aliphatic rings. The first kappa shape index (κ1) is 13.5. The highest BCUT2D eigenvalue weighted by molar-refractivity contribution is 6.05. The molecule has 2 amide bonds. The Morgan fingerprint density at radius 1 is 1.56 bits per heavy atom. The molecule has 6 nitrogen and oxygen atoms in total. The van der Waals surface area contributed by atoms with Gasteiger partial charge in [-0.25, -0.2) is 0 Å². The number of hydrogen-bond acceptors (Lipinski definition) is 5. The van der Waals surface area contributed by atoms with Crippen LogP contribution in [-0.4, -0.2) is 61.8 Å². The van der Waals surface area contributed by atoms with E-state index < -0.39 is 6.04 Å². The molecule has 0 aromatic heterocycles. The van der Waals surface area contributed by atoms with Gasteiger partial charge in [-0.3, -0.25) is 14.5 Å². The molecular formula is C12H20N2O4. The zero-order chi connectivity index (χ0) is 13.2. The van der Waals surface area contributed by atoms with Crippen molar-refractivity contribution in [1.82, 2.24) is 10.2 Å². The lowest BCUT2D eigenvalue weighted by molar-refractivity contribution is -0.138. The summed E-state index contributed by atoms with van der Waals surface area (Å²) in [7, 11) is 1.65. The van der Waals surface area contributed by atoms with Gasteiger partial charge in [-0.1, -0.05) is 0 Å². The van der Waals surface area contributed by atoms with E-state index >= 15 is 0 Å². The summed E-state index contributed by atoms with van der Waals surface area (Å²) >= 11 is 0. The third-order valence-electron chi connectivity index (χ3n) is 3.73. The molecule has 0 aromatic rings. The van der Waals surface area contributed by atoms with E-state index in [0.717, 1.165) is 6.42 Å². The highest BCUT2D eigenvalue weighted by atomic mass is 16.5. The molecule has 2 heterocycles. The topological polar surface area (TPSA) is 67.9 Å². The van der Waals surface area contributed by atoms with E-state index in [0.29, 0.717) is 26.3 Å². The Balaban J connectivity index is 1.91. The maximum atomic E-state index is 11.9. The van der Waals surface area contributed by atoms with Crippen molar-refractivity contribution in [2.75, 3.05) is 33.4 Å². The van der Waals surface area contributed by atoms with Gasteiger partial charge in [0.1, 0.15) is 5.60 Å². The van der Waals surface area contributed by atoms with Crippen LogP contribution in [0, 0.1) is 0 Å². The van der Waals surface area contributed by atoms with Crippen LogP contribution in [0.5, 0.6) is 0 Å². The number of nitrogens with one attached hydrogen (secondary N) is 1. The molecule has 2 rings (SSSR count). The summed E-state index contributed by atoms with van der Waals surface area (Å²) in [5, 5.41) is 3.14. The van der Waals surface area contributed by atoms with Gasteiger partial charge in [-0.15, -0.1) is 0 Å². The van der Waals surface area contributed by atoms with E-state index in [-0.39, 0.29) is 23.8 Å². The number of carbonyl (C=O) groups excluding carboxylic acids is 2. The summed E-state index contributed by atoms with van der Waals surface area (Å²) < 4.78 is 10.8. The van der Waals surface area contributed by atoms with Crippen LogP contribution >= 0.6 is 0 Å². The monoisotopic (exact) mass is 256 g/mol. The summed E-state index contributed by atoms with van der Waals surface area (Å²) in [5.74, 6) is -0.234.